The first-order valence-corrected chi connectivity index (χ1v) is 4.92. The van der Waals surface area contributed by atoms with Crippen LogP contribution in [0, 0.1) is 6.92 Å². The molecule has 0 atom stereocenters. The Kier molecular flexibility index (Phi) is 2.22. The third-order valence-electron chi connectivity index (χ3n) is 1.89. The molecule has 2 aromatic rings. The predicted molar refractivity (Wildman–Crippen MR) is 57.0 cm³/mol. The maximum atomic E-state index is 5.79. The van der Waals surface area contributed by atoms with Crippen LogP contribution in [0.15, 0.2) is 22.9 Å². The molecule has 0 aromatic carbocycles. The summed E-state index contributed by atoms with van der Waals surface area (Å²) in [5.41, 5.74) is 0.961. The van der Waals surface area contributed by atoms with Crippen molar-refractivity contribution in [2.45, 2.75) is 6.92 Å². The highest BCUT2D eigenvalue weighted by Crippen LogP contribution is 2.25. The minimum Gasteiger partial charge on any atom is -0.260 e. The van der Waals surface area contributed by atoms with E-state index in [1.807, 2.05) is 13.0 Å². The first-order chi connectivity index (χ1) is 6.18. The van der Waals surface area contributed by atoms with Gasteiger partial charge in [-0.15, -0.1) is 0 Å². The second-order valence-corrected chi connectivity index (χ2v) is 3.99. The summed E-state index contributed by atoms with van der Waals surface area (Å²) in [6.45, 7) is 1.95. The van der Waals surface area contributed by atoms with Gasteiger partial charge in [0.25, 0.3) is 0 Å². The zero-order valence-electron chi connectivity index (χ0n) is 6.88. The maximum Gasteiger partial charge on any atom is 0.129 e. The minimum absolute atomic E-state index is 0.496. The summed E-state index contributed by atoms with van der Waals surface area (Å²) in [7, 11) is 0. The van der Waals surface area contributed by atoms with Gasteiger partial charge in [-0.3, -0.25) is 4.98 Å². The van der Waals surface area contributed by atoms with Gasteiger partial charge in [0.05, 0.1) is 0 Å². The van der Waals surface area contributed by atoms with Gasteiger partial charge >= 0.3 is 0 Å². The van der Waals surface area contributed by atoms with Crippen LogP contribution in [0.25, 0.3) is 10.8 Å². The van der Waals surface area contributed by atoms with Gasteiger partial charge in [0.2, 0.25) is 0 Å². The lowest BCUT2D eigenvalue weighted by Gasteiger charge is -2.02. The molecular formula is C9H6BrClN2. The lowest BCUT2D eigenvalue weighted by Crippen LogP contribution is -1.86. The summed E-state index contributed by atoms with van der Waals surface area (Å²) in [6, 6.07) is 1.82. The number of hydrogen-bond donors (Lipinski definition) is 0. The van der Waals surface area contributed by atoms with Crippen molar-refractivity contribution in [3.8, 4) is 0 Å². The molecule has 0 radical (unpaired) electrons. The van der Waals surface area contributed by atoms with E-state index in [1.165, 1.54) is 0 Å². The van der Waals surface area contributed by atoms with Gasteiger partial charge < -0.3 is 0 Å². The number of aromatic nitrogens is 2. The van der Waals surface area contributed by atoms with Crippen molar-refractivity contribution in [3.63, 3.8) is 0 Å². The van der Waals surface area contributed by atoms with E-state index in [2.05, 4.69) is 25.9 Å². The molecule has 0 fully saturated rings. The molecule has 2 rings (SSSR count). The molecule has 0 aliphatic heterocycles. The quantitative estimate of drug-likeness (QED) is 0.676. The molecule has 2 nitrogen and oxygen atoms in total. The van der Waals surface area contributed by atoms with E-state index in [0.717, 1.165) is 20.9 Å². The van der Waals surface area contributed by atoms with Crippen LogP contribution < -0.4 is 0 Å². The van der Waals surface area contributed by atoms with Gasteiger partial charge in [0.15, 0.2) is 0 Å². The molecule has 0 aliphatic carbocycles. The van der Waals surface area contributed by atoms with Gasteiger partial charge in [-0.05, 0) is 28.9 Å². The molecule has 0 N–H and O–H groups in total. The second-order valence-electron chi connectivity index (χ2n) is 2.74. The summed E-state index contributed by atoms with van der Waals surface area (Å²) in [5, 5.41) is 2.57. The van der Waals surface area contributed by atoms with Gasteiger partial charge in [0.1, 0.15) is 5.15 Å². The zero-order valence-corrected chi connectivity index (χ0v) is 9.22. The Labute approximate surface area is 89.1 Å². The fraction of sp³-hybridized carbons (Fsp3) is 0.111. The summed E-state index contributed by atoms with van der Waals surface area (Å²) >= 11 is 9.20. The van der Waals surface area contributed by atoms with E-state index < -0.39 is 0 Å². The molecule has 66 valence electrons. The van der Waals surface area contributed by atoms with Gasteiger partial charge in [-0.2, -0.15) is 0 Å². The van der Waals surface area contributed by atoms with Crippen molar-refractivity contribution in [1.29, 1.82) is 0 Å². The number of rotatable bonds is 0. The average molecular weight is 258 g/mol. The molecule has 0 saturated heterocycles. The Hall–Kier alpha value is -0.670. The molecule has 0 amide bonds. The van der Waals surface area contributed by atoms with E-state index in [9.17, 15) is 0 Å². The first kappa shape index (κ1) is 8.91. The fourth-order valence-electron chi connectivity index (χ4n) is 1.21. The van der Waals surface area contributed by atoms with E-state index in [1.54, 1.807) is 12.4 Å². The highest BCUT2D eigenvalue weighted by molar-refractivity contribution is 9.10. The Morgan fingerprint density at radius 3 is 2.77 bits per heavy atom. The van der Waals surface area contributed by atoms with E-state index in [-0.39, 0.29) is 0 Å². The van der Waals surface area contributed by atoms with Gasteiger partial charge in [0, 0.05) is 33.3 Å². The molecule has 0 bridgehead atoms. The summed E-state index contributed by atoms with van der Waals surface area (Å²) < 4.78 is 0.942. The standard InChI is InChI=1S/C9H6BrClN2/c1-5-6-2-9(11)13-3-7(6)8(10)4-12-5/h2-4H,1H3. The first-order valence-electron chi connectivity index (χ1n) is 3.75. The van der Waals surface area contributed by atoms with Crippen LogP contribution in [-0.4, -0.2) is 9.97 Å². The Balaban J connectivity index is 2.92. The SMILES string of the molecule is Cc1ncc(Br)c2cnc(Cl)cc12. The van der Waals surface area contributed by atoms with Crippen molar-refractivity contribution in [3.05, 3.63) is 33.8 Å². The molecule has 0 unspecified atom stereocenters. The van der Waals surface area contributed by atoms with Crippen LogP contribution in [0.4, 0.5) is 0 Å². The van der Waals surface area contributed by atoms with Crippen molar-refractivity contribution in [1.82, 2.24) is 9.97 Å². The third kappa shape index (κ3) is 1.54. The molecule has 13 heavy (non-hydrogen) atoms. The number of fused-ring (bicyclic) bond motifs is 1. The topological polar surface area (TPSA) is 25.8 Å². The Morgan fingerprint density at radius 1 is 1.23 bits per heavy atom. The van der Waals surface area contributed by atoms with Crippen LogP contribution in [0.2, 0.25) is 5.15 Å². The molecular weight excluding hydrogens is 251 g/mol. The lowest BCUT2D eigenvalue weighted by molar-refractivity contribution is 1.22. The van der Waals surface area contributed by atoms with E-state index in [4.69, 9.17) is 11.6 Å². The lowest BCUT2D eigenvalue weighted by atomic mass is 10.2. The monoisotopic (exact) mass is 256 g/mol. The summed E-state index contributed by atoms with van der Waals surface area (Å²) in [6.07, 6.45) is 3.52. The van der Waals surface area contributed by atoms with Crippen LogP contribution in [-0.2, 0) is 0 Å². The number of halogens is 2. The van der Waals surface area contributed by atoms with E-state index in [0.29, 0.717) is 5.15 Å². The van der Waals surface area contributed by atoms with Crippen LogP contribution in [0.3, 0.4) is 0 Å². The van der Waals surface area contributed by atoms with Crippen LogP contribution in [0.1, 0.15) is 5.69 Å². The van der Waals surface area contributed by atoms with Crippen LogP contribution >= 0.6 is 27.5 Å². The number of nitrogens with zero attached hydrogens (tertiary/aromatic N) is 2. The molecule has 4 heteroatoms. The fourth-order valence-corrected chi connectivity index (χ4v) is 1.79. The maximum absolute atomic E-state index is 5.79. The Morgan fingerprint density at radius 2 is 2.00 bits per heavy atom. The molecule has 2 aromatic heterocycles. The van der Waals surface area contributed by atoms with Crippen molar-refractivity contribution in [2.24, 2.45) is 0 Å². The van der Waals surface area contributed by atoms with Crippen molar-refractivity contribution < 1.29 is 0 Å². The van der Waals surface area contributed by atoms with Gasteiger partial charge in [-0.25, -0.2) is 4.98 Å². The van der Waals surface area contributed by atoms with Crippen molar-refractivity contribution >= 4 is 38.3 Å². The highest BCUT2D eigenvalue weighted by Gasteiger charge is 2.03. The molecule has 2 heterocycles. The highest BCUT2D eigenvalue weighted by atomic mass is 79.9. The van der Waals surface area contributed by atoms with Crippen LogP contribution in [0.5, 0.6) is 0 Å². The predicted octanol–water partition coefficient (Wildman–Crippen LogP) is 3.35. The molecule has 0 saturated carbocycles. The van der Waals surface area contributed by atoms with E-state index >= 15 is 0 Å². The minimum atomic E-state index is 0.496. The molecule has 0 spiro atoms. The zero-order chi connectivity index (χ0) is 9.42. The number of pyridine rings is 2. The Bertz CT molecular complexity index is 470. The largest absolute Gasteiger partial charge is 0.260 e. The summed E-state index contributed by atoms with van der Waals surface area (Å²) in [4.78, 5) is 8.23. The third-order valence-corrected chi connectivity index (χ3v) is 2.73. The summed E-state index contributed by atoms with van der Waals surface area (Å²) in [5.74, 6) is 0. The van der Waals surface area contributed by atoms with Crippen molar-refractivity contribution in [2.75, 3.05) is 0 Å². The normalized spacial score (nSPS) is 10.7. The number of aryl methyl sites for hydroxylation is 1. The second kappa shape index (κ2) is 3.24. The number of hydrogen-bond acceptors (Lipinski definition) is 2. The smallest absolute Gasteiger partial charge is 0.129 e. The molecule has 0 aliphatic rings. The average Bonchev–Trinajstić information content (AvgIpc) is 2.12. The van der Waals surface area contributed by atoms with Gasteiger partial charge in [-0.1, -0.05) is 11.6 Å².